The molecule has 2 rings (SSSR count). The number of unbranched alkanes of at least 4 members (excludes halogenated alkanes) is 3. The van der Waals surface area contributed by atoms with Gasteiger partial charge in [-0.05, 0) is 44.9 Å². The third-order valence-corrected chi connectivity index (χ3v) is 7.30. The number of carbonyl (C=O) groups excluding carboxylic acids is 1. The quantitative estimate of drug-likeness (QED) is 0.198. The Balaban J connectivity index is 1.73. The summed E-state index contributed by atoms with van der Waals surface area (Å²) < 4.78 is 0. The molecule has 7 atom stereocenters. The Hall–Kier alpha value is -1.06. The van der Waals surface area contributed by atoms with Gasteiger partial charge in [0, 0.05) is 31.5 Å². The maximum atomic E-state index is 10.5. The molecule has 0 spiro atoms. The summed E-state index contributed by atoms with van der Waals surface area (Å²) in [5.41, 5.74) is 0. The standard InChI is InChI=1S/C24H45N3O5/c1-18-23(30)16-22(27-13-12-25-17-27)21(26-18)11-10-19(8-6-14-28)7-4-2-3-5-9-20(29)15-24(31)32/h12,18-23,26,28-30H,2-11,13-17H2,1H3,(H,31,32)/t18-,19-,20+,21+,22-,23+/m0/s1. The molecule has 1 unspecified atom stereocenters. The molecule has 2 heterocycles. The topological polar surface area (TPSA) is 130 Å². The fourth-order valence-corrected chi connectivity index (χ4v) is 5.32. The van der Waals surface area contributed by atoms with Crippen LogP contribution in [-0.4, -0.2) is 77.7 Å². The number of hydrogen-bond donors (Lipinski definition) is 5. The van der Waals surface area contributed by atoms with E-state index in [1.807, 2.05) is 6.21 Å². The number of nitrogens with zero attached hydrogens (tertiary/aromatic N) is 1. The lowest BCUT2D eigenvalue weighted by Gasteiger charge is -2.41. The molecule has 0 aliphatic carbocycles. The molecule has 0 bridgehead atoms. The second-order valence-corrected chi connectivity index (χ2v) is 9.89. The summed E-state index contributed by atoms with van der Waals surface area (Å²) in [5.74, 6) is -0.609. The molecular formula is C24H45N3O5. The number of hydrogen-bond acceptors (Lipinski definition) is 7. The van der Waals surface area contributed by atoms with E-state index in [-0.39, 0.29) is 25.2 Å². The number of carboxylic acid groups (broad SMARTS) is 1. The van der Waals surface area contributed by atoms with Crippen molar-refractivity contribution in [1.29, 1.82) is 0 Å². The van der Waals surface area contributed by atoms with E-state index in [0.717, 1.165) is 77.4 Å². The van der Waals surface area contributed by atoms with Gasteiger partial charge < -0.3 is 35.4 Å². The predicted molar refractivity (Wildman–Crippen MR) is 122 cm³/mol. The van der Waals surface area contributed by atoms with Crippen LogP contribution in [0.1, 0.15) is 84.0 Å². The normalized spacial score (nSPS) is 29.8. The molecule has 1 fully saturated rings. The molecule has 8 heteroatoms. The second kappa shape index (κ2) is 15.0. The third kappa shape index (κ3) is 9.83. The van der Waals surface area contributed by atoms with Gasteiger partial charge in [-0.25, -0.2) is 4.99 Å². The second-order valence-electron chi connectivity index (χ2n) is 9.89. The van der Waals surface area contributed by atoms with Gasteiger partial charge in [0.2, 0.25) is 0 Å². The number of piperidine rings is 1. The van der Waals surface area contributed by atoms with Crippen LogP contribution in [0, 0.1) is 5.92 Å². The Kier molecular flexibility index (Phi) is 12.7. The van der Waals surface area contributed by atoms with E-state index in [2.05, 4.69) is 17.2 Å². The molecule has 2 aliphatic heterocycles. The van der Waals surface area contributed by atoms with E-state index in [1.54, 1.807) is 0 Å². The first-order valence-corrected chi connectivity index (χ1v) is 12.7. The summed E-state index contributed by atoms with van der Waals surface area (Å²) in [6.07, 6.45) is 11.2. The van der Waals surface area contributed by atoms with Crippen molar-refractivity contribution in [2.45, 2.75) is 114 Å². The fraction of sp³-hybridized carbons (Fsp3) is 0.917. The van der Waals surface area contributed by atoms with E-state index in [1.165, 1.54) is 4.90 Å². The first kappa shape index (κ1) is 27.2. The molecule has 0 aromatic carbocycles. The number of aliphatic hydroxyl groups is 3. The van der Waals surface area contributed by atoms with E-state index >= 15 is 0 Å². The van der Waals surface area contributed by atoms with Crippen LogP contribution in [0.3, 0.4) is 0 Å². The molecule has 1 saturated heterocycles. The summed E-state index contributed by atoms with van der Waals surface area (Å²) >= 11 is 0. The van der Waals surface area contributed by atoms with E-state index in [0.29, 0.717) is 24.4 Å². The van der Waals surface area contributed by atoms with Crippen LogP contribution in [0.2, 0.25) is 0 Å². The predicted octanol–water partition coefficient (Wildman–Crippen LogP) is -0.596. The average Bonchev–Trinajstić information content (AvgIpc) is 3.28. The highest BCUT2D eigenvalue weighted by Crippen LogP contribution is 2.25. The van der Waals surface area contributed by atoms with Gasteiger partial charge >= 0.3 is 0 Å². The molecule has 32 heavy (non-hydrogen) atoms. The maximum absolute atomic E-state index is 10.5. The molecular weight excluding hydrogens is 410 g/mol. The SMILES string of the molecule is C[C@@H]1N[C@H](CC[C@H](CCCO)CCCCCC[C@@H](O)CC(=O)[O-])[C@@H]([NH+]2CC=NC2)C[C@H]1O. The highest BCUT2D eigenvalue weighted by Gasteiger charge is 2.40. The monoisotopic (exact) mass is 455 g/mol. The zero-order valence-corrected chi connectivity index (χ0v) is 19.8. The van der Waals surface area contributed by atoms with Gasteiger partial charge in [-0.2, -0.15) is 0 Å². The van der Waals surface area contributed by atoms with Gasteiger partial charge in [0.1, 0.15) is 12.6 Å². The first-order chi connectivity index (χ1) is 15.4. The smallest absolute Gasteiger partial charge is 0.171 e. The zero-order valence-electron chi connectivity index (χ0n) is 19.8. The number of quaternary nitrogens is 1. The Morgan fingerprint density at radius 3 is 2.56 bits per heavy atom. The minimum absolute atomic E-state index is 0.113. The number of carbonyl (C=O) groups is 1. The van der Waals surface area contributed by atoms with E-state index in [4.69, 9.17) is 0 Å². The molecule has 2 aliphatic rings. The minimum atomic E-state index is -1.19. The van der Waals surface area contributed by atoms with Crippen LogP contribution in [0.4, 0.5) is 0 Å². The van der Waals surface area contributed by atoms with Gasteiger partial charge in [-0.15, -0.1) is 0 Å². The molecule has 0 aromatic heterocycles. The highest BCUT2D eigenvalue weighted by molar-refractivity contribution is 5.64. The van der Waals surface area contributed by atoms with Crippen molar-refractivity contribution in [1.82, 2.24) is 5.32 Å². The van der Waals surface area contributed by atoms with Crippen LogP contribution >= 0.6 is 0 Å². The summed E-state index contributed by atoms with van der Waals surface area (Å²) in [6.45, 7) is 4.04. The molecule has 8 nitrogen and oxygen atoms in total. The number of aliphatic imine (C=N–C) groups is 1. The van der Waals surface area contributed by atoms with Crippen molar-refractivity contribution in [3.05, 3.63) is 0 Å². The van der Waals surface area contributed by atoms with Crippen molar-refractivity contribution in [3.63, 3.8) is 0 Å². The van der Waals surface area contributed by atoms with E-state index in [9.17, 15) is 25.2 Å². The summed E-state index contributed by atoms with van der Waals surface area (Å²) in [5, 5.41) is 43.5. The lowest BCUT2D eigenvalue weighted by Crippen LogP contribution is -3.16. The number of aliphatic hydroxyl groups excluding tert-OH is 3. The number of nitrogens with one attached hydrogen (secondary N) is 2. The van der Waals surface area contributed by atoms with Crippen LogP contribution in [0.25, 0.3) is 0 Å². The number of carboxylic acids is 1. The highest BCUT2D eigenvalue weighted by atomic mass is 16.4. The summed E-state index contributed by atoms with van der Waals surface area (Å²) in [6, 6.07) is 0.879. The van der Waals surface area contributed by atoms with Crippen LogP contribution < -0.4 is 15.3 Å². The van der Waals surface area contributed by atoms with Crippen LogP contribution in [0.5, 0.6) is 0 Å². The van der Waals surface area contributed by atoms with Crippen molar-refractivity contribution in [2.75, 3.05) is 19.8 Å². The largest absolute Gasteiger partial charge is 0.550 e. The van der Waals surface area contributed by atoms with Gasteiger partial charge in [-0.3, -0.25) is 0 Å². The van der Waals surface area contributed by atoms with E-state index < -0.39 is 12.1 Å². The van der Waals surface area contributed by atoms with Gasteiger partial charge in [0.15, 0.2) is 6.67 Å². The number of aliphatic carboxylic acids is 1. The van der Waals surface area contributed by atoms with Crippen LogP contribution in [0.15, 0.2) is 4.99 Å². The van der Waals surface area contributed by atoms with Crippen molar-refractivity contribution in [3.8, 4) is 0 Å². The van der Waals surface area contributed by atoms with Gasteiger partial charge in [-0.1, -0.05) is 32.1 Å². The summed E-state index contributed by atoms with van der Waals surface area (Å²) in [4.78, 5) is 16.3. The number of rotatable bonds is 16. The van der Waals surface area contributed by atoms with Crippen molar-refractivity contribution < 1.29 is 30.1 Å². The van der Waals surface area contributed by atoms with Gasteiger partial charge in [0.25, 0.3) is 0 Å². The third-order valence-electron chi connectivity index (χ3n) is 7.30. The van der Waals surface area contributed by atoms with Gasteiger partial charge in [0.05, 0.1) is 24.5 Å². The zero-order chi connectivity index (χ0) is 23.3. The molecule has 0 aromatic rings. The molecule has 186 valence electrons. The molecule has 5 N–H and O–H groups in total. The lowest BCUT2D eigenvalue weighted by molar-refractivity contribution is -0.914. The minimum Gasteiger partial charge on any atom is -0.550 e. The lowest BCUT2D eigenvalue weighted by atomic mass is 9.84. The fourth-order valence-electron chi connectivity index (χ4n) is 5.32. The average molecular weight is 456 g/mol. The molecule has 0 saturated carbocycles. The Morgan fingerprint density at radius 1 is 1.19 bits per heavy atom. The van der Waals surface area contributed by atoms with Crippen molar-refractivity contribution in [2.24, 2.45) is 10.9 Å². The molecule has 0 radical (unpaired) electrons. The Bertz CT molecular complexity index is 554. The maximum Gasteiger partial charge on any atom is 0.171 e. The van der Waals surface area contributed by atoms with Crippen molar-refractivity contribution >= 4 is 12.2 Å². The Morgan fingerprint density at radius 2 is 1.91 bits per heavy atom. The van der Waals surface area contributed by atoms with Crippen LogP contribution in [-0.2, 0) is 4.79 Å². The summed E-state index contributed by atoms with van der Waals surface area (Å²) in [7, 11) is 0. The Labute approximate surface area is 193 Å². The first-order valence-electron chi connectivity index (χ1n) is 12.7. The molecule has 0 amide bonds.